The lowest BCUT2D eigenvalue weighted by Crippen LogP contribution is -2.42. The fourth-order valence-electron chi connectivity index (χ4n) is 2.60. The Morgan fingerprint density at radius 3 is 2.24 bits per heavy atom. The molecule has 0 radical (unpaired) electrons. The minimum absolute atomic E-state index is 0.125. The van der Waals surface area contributed by atoms with Gasteiger partial charge in [0, 0.05) is 23.7 Å². The molecule has 92 valence electrons. The third kappa shape index (κ3) is 3.01. The molecule has 17 heavy (non-hydrogen) atoms. The number of hydrogen-bond acceptors (Lipinski definition) is 1. The van der Waals surface area contributed by atoms with Gasteiger partial charge >= 0.3 is 0 Å². The number of piperidine rings is 1. The van der Waals surface area contributed by atoms with Crippen LogP contribution < -0.4 is 0 Å². The molecule has 1 aliphatic heterocycles. The molecule has 1 fully saturated rings. The number of likely N-dealkylation sites (tertiary alicyclic amines) is 1. The quantitative estimate of drug-likeness (QED) is 0.749. The molecule has 0 spiro atoms. The van der Waals surface area contributed by atoms with Gasteiger partial charge in [0.25, 0.3) is 5.91 Å². The number of halogens is 1. The molecule has 2 atom stereocenters. The highest BCUT2D eigenvalue weighted by atomic mass is 35.5. The molecule has 1 amide bonds. The number of carbonyl (C=O) groups excluding carboxylic acids is 1. The highest BCUT2D eigenvalue weighted by Gasteiger charge is 2.25. The maximum Gasteiger partial charge on any atom is 0.253 e. The van der Waals surface area contributed by atoms with Crippen molar-refractivity contribution >= 4 is 17.5 Å². The van der Waals surface area contributed by atoms with Crippen molar-refractivity contribution in [3.63, 3.8) is 0 Å². The molecule has 1 aromatic rings. The zero-order chi connectivity index (χ0) is 12.4. The summed E-state index contributed by atoms with van der Waals surface area (Å²) >= 11 is 5.82. The molecule has 3 heteroatoms. The summed E-state index contributed by atoms with van der Waals surface area (Å²) in [6, 6.07) is 7.14. The molecule has 0 bridgehead atoms. The smallest absolute Gasteiger partial charge is 0.253 e. The molecule has 2 nitrogen and oxygen atoms in total. The number of nitrogens with zero attached hydrogens (tertiary/aromatic N) is 1. The van der Waals surface area contributed by atoms with Crippen molar-refractivity contribution in [1.29, 1.82) is 0 Å². The second kappa shape index (κ2) is 5.09. The van der Waals surface area contributed by atoms with E-state index >= 15 is 0 Å². The number of carbonyl (C=O) groups is 1. The largest absolute Gasteiger partial charge is 0.338 e. The monoisotopic (exact) mass is 251 g/mol. The maximum atomic E-state index is 12.3. The molecule has 1 heterocycles. The van der Waals surface area contributed by atoms with Gasteiger partial charge in [-0.2, -0.15) is 0 Å². The van der Waals surface area contributed by atoms with E-state index in [1.54, 1.807) is 24.3 Å². The normalized spacial score (nSPS) is 24.8. The molecule has 1 aliphatic rings. The lowest BCUT2D eigenvalue weighted by molar-refractivity contribution is 0.0623. The standard InChI is InChI=1S/C14H18ClNO/c1-10-7-11(2)9-16(8-10)14(17)12-3-5-13(15)6-4-12/h3-6,10-11H,7-9H2,1-2H3/t10-,11-/m1/s1. The number of amides is 1. The zero-order valence-electron chi connectivity index (χ0n) is 10.3. The van der Waals surface area contributed by atoms with Crippen molar-refractivity contribution in [3.05, 3.63) is 34.9 Å². The van der Waals surface area contributed by atoms with Crippen LogP contribution in [0.1, 0.15) is 30.6 Å². The minimum atomic E-state index is 0.125. The number of hydrogen-bond donors (Lipinski definition) is 0. The van der Waals surface area contributed by atoms with E-state index in [9.17, 15) is 4.79 Å². The van der Waals surface area contributed by atoms with Gasteiger partial charge in [0.2, 0.25) is 0 Å². The van der Waals surface area contributed by atoms with E-state index in [4.69, 9.17) is 11.6 Å². The Kier molecular flexibility index (Phi) is 3.72. The average Bonchev–Trinajstić information content (AvgIpc) is 2.28. The molecule has 0 aromatic heterocycles. The predicted octanol–water partition coefficient (Wildman–Crippen LogP) is 3.46. The fourth-order valence-corrected chi connectivity index (χ4v) is 2.73. The van der Waals surface area contributed by atoms with Crippen LogP contribution in [0.5, 0.6) is 0 Å². The third-order valence-corrected chi connectivity index (χ3v) is 3.50. The van der Waals surface area contributed by atoms with E-state index in [0.29, 0.717) is 16.9 Å². The Bertz CT molecular complexity index is 391. The molecular formula is C14H18ClNO. The SMILES string of the molecule is C[C@@H]1C[C@@H](C)CN(C(=O)c2ccc(Cl)cc2)C1. The summed E-state index contributed by atoms with van der Waals surface area (Å²) in [6.07, 6.45) is 1.21. The summed E-state index contributed by atoms with van der Waals surface area (Å²) < 4.78 is 0. The first-order valence-electron chi connectivity index (χ1n) is 6.11. The lowest BCUT2D eigenvalue weighted by atomic mass is 9.91. The van der Waals surface area contributed by atoms with Crippen LogP contribution in [0.25, 0.3) is 0 Å². The molecule has 1 saturated heterocycles. The van der Waals surface area contributed by atoms with E-state index in [-0.39, 0.29) is 5.91 Å². The van der Waals surface area contributed by atoms with Gasteiger partial charge in [-0.15, -0.1) is 0 Å². The van der Waals surface area contributed by atoms with Gasteiger partial charge in [-0.3, -0.25) is 4.79 Å². The molecule has 1 aromatic carbocycles. The van der Waals surface area contributed by atoms with Gasteiger partial charge in [-0.25, -0.2) is 0 Å². The second-order valence-electron chi connectivity index (χ2n) is 5.16. The molecular weight excluding hydrogens is 234 g/mol. The Labute approximate surface area is 108 Å². The van der Waals surface area contributed by atoms with Crippen LogP contribution in [0.3, 0.4) is 0 Å². The van der Waals surface area contributed by atoms with E-state index in [1.807, 2.05) is 4.90 Å². The fraction of sp³-hybridized carbons (Fsp3) is 0.500. The van der Waals surface area contributed by atoms with E-state index < -0.39 is 0 Å². The predicted molar refractivity (Wildman–Crippen MR) is 70.3 cm³/mol. The minimum Gasteiger partial charge on any atom is -0.338 e. The topological polar surface area (TPSA) is 20.3 Å². The first-order chi connectivity index (χ1) is 8.06. The summed E-state index contributed by atoms with van der Waals surface area (Å²) in [4.78, 5) is 14.2. The molecule has 0 N–H and O–H groups in total. The van der Waals surface area contributed by atoms with Gasteiger partial charge in [0.15, 0.2) is 0 Å². The van der Waals surface area contributed by atoms with Gasteiger partial charge in [0.1, 0.15) is 0 Å². The molecule has 0 saturated carbocycles. The summed E-state index contributed by atoms with van der Waals surface area (Å²) in [7, 11) is 0. The molecule has 0 aliphatic carbocycles. The molecule has 2 rings (SSSR count). The van der Waals surface area contributed by atoms with Crippen molar-refractivity contribution in [2.45, 2.75) is 20.3 Å². The van der Waals surface area contributed by atoms with Crippen LogP contribution >= 0.6 is 11.6 Å². The van der Waals surface area contributed by atoms with Crippen molar-refractivity contribution in [2.24, 2.45) is 11.8 Å². The summed E-state index contributed by atoms with van der Waals surface area (Å²) in [5.41, 5.74) is 0.732. The van der Waals surface area contributed by atoms with Gasteiger partial charge in [0.05, 0.1) is 0 Å². The third-order valence-electron chi connectivity index (χ3n) is 3.25. The van der Waals surface area contributed by atoms with Crippen molar-refractivity contribution in [2.75, 3.05) is 13.1 Å². The highest BCUT2D eigenvalue weighted by molar-refractivity contribution is 6.30. The summed E-state index contributed by atoms with van der Waals surface area (Å²) in [5, 5.41) is 0.668. The summed E-state index contributed by atoms with van der Waals surface area (Å²) in [5.74, 6) is 1.31. The zero-order valence-corrected chi connectivity index (χ0v) is 11.1. The Morgan fingerprint density at radius 1 is 1.18 bits per heavy atom. The highest BCUT2D eigenvalue weighted by Crippen LogP contribution is 2.22. The second-order valence-corrected chi connectivity index (χ2v) is 5.60. The average molecular weight is 252 g/mol. The Morgan fingerprint density at radius 2 is 1.71 bits per heavy atom. The maximum absolute atomic E-state index is 12.3. The van der Waals surface area contributed by atoms with Crippen LogP contribution in [0, 0.1) is 11.8 Å². The van der Waals surface area contributed by atoms with Crippen molar-refractivity contribution in [3.8, 4) is 0 Å². The van der Waals surface area contributed by atoms with Gasteiger partial charge in [-0.05, 0) is 42.5 Å². The van der Waals surface area contributed by atoms with Crippen LogP contribution in [0.4, 0.5) is 0 Å². The van der Waals surface area contributed by atoms with Gasteiger partial charge < -0.3 is 4.90 Å². The van der Waals surface area contributed by atoms with E-state index in [2.05, 4.69) is 13.8 Å². The number of rotatable bonds is 1. The van der Waals surface area contributed by atoms with Crippen LogP contribution in [0.2, 0.25) is 5.02 Å². The Balaban J connectivity index is 2.11. The lowest BCUT2D eigenvalue weighted by Gasteiger charge is -2.35. The number of benzene rings is 1. The van der Waals surface area contributed by atoms with Crippen LogP contribution in [0.15, 0.2) is 24.3 Å². The first kappa shape index (κ1) is 12.4. The van der Waals surface area contributed by atoms with Crippen molar-refractivity contribution in [1.82, 2.24) is 4.90 Å². The molecule has 0 unspecified atom stereocenters. The van der Waals surface area contributed by atoms with Gasteiger partial charge in [-0.1, -0.05) is 25.4 Å². The van der Waals surface area contributed by atoms with E-state index in [1.165, 1.54) is 6.42 Å². The van der Waals surface area contributed by atoms with E-state index in [0.717, 1.165) is 18.7 Å². The first-order valence-corrected chi connectivity index (χ1v) is 6.49. The van der Waals surface area contributed by atoms with Crippen molar-refractivity contribution < 1.29 is 4.79 Å². The summed E-state index contributed by atoms with van der Waals surface area (Å²) in [6.45, 7) is 6.15. The Hall–Kier alpha value is -1.02. The van der Waals surface area contributed by atoms with Crippen LogP contribution in [-0.4, -0.2) is 23.9 Å². The van der Waals surface area contributed by atoms with Crippen LogP contribution in [-0.2, 0) is 0 Å².